The van der Waals surface area contributed by atoms with Gasteiger partial charge in [-0.3, -0.25) is 9.59 Å². The Bertz CT molecular complexity index is 1230. The number of benzene rings is 2. The maximum atomic E-state index is 13.2. The minimum atomic E-state index is -0.746. The summed E-state index contributed by atoms with van der Waals surface area (Å²) < 4.78 is 12.8. The van der Waals surface area contributed by atoms with E-state index in [0.717, 1.165) is 0 Å². The summed E-state index contributed by atoms with van der Waals surface area (Å²) in [5.74, 6) is -0.398. The molecular weight excluding hydrogens is 446 g/mol. The normalized spacial score (nSPS) is 16.9. The number of ketones is 1. The lowest BCUT2D eigenvalue weighted by atomic mass is 9.95. The topological polar surface area (TPSA) is 93.9 Å². The number of carbonyl (C=O) groups is 2. The lowest BCUT2D eigenvalue weighted by Gasteiger charge is -2.25. The fourth-order valence-corrected chi connectivity index (χ4v) is 4.13. The number of methoxy groups -OCH3 is 1. The van der Waals surface area contributed by atoms with Crippen LogP contribution in [0.3, 0.4) is 0 Å². The van der Waals surface area contributed by atoms with E-state index in [9.17, 15) is 14.7 Å². The molecule has 0 radical (unpaired) electrons. The van der Waals surface area contributed by atoms with Gasteiger partial charge in [0, 0.05) is 31.0 Å². The highest BCUT2D eigenvalue weighted by atomic mass is 16.5. The van der Waals surface area contributed by atoms with Crippen LogP contribution in [0.1, 0.15) is 23.6 Å². The van der Waals surface area contributed by atoms with Crippen molar-refractivity contribution in [3.05, 3.63) is 96.6 Å². The first-order valence-corrected chi connectivity index (χ1v) is 11.3. The van der Waals surface area contributed by atoms with Crippen LogP contribution in [0.5, 0.6) is 11.5 Å². The molecule has 0 aliphatic carbocycles. The van der Waals surface area contributed by atoms with Crippen LogP contribution in [0.2, 0.25) is 0 Å². The molecule has 8 nitrogen and oxygen atoms in total. The third-order valence-corrected chi connectivity index (χ3v) is 5.82. The number of Topliss-reactive ketones (excluding diaryl/α,β-unsaturated/α-hetero) is 1. The van der Waals surface area contributed by atoms with Gasteiger partial charge in [0.1, 0.15) is 23.9 Å². The SMILES string of the molecule is C=CCOc1ccc(/C(O)=C2/C(=O)C(=O)N(CCCn3ccnc3)C2c2cccc(OC)c2)cc1. The zero-order valence-electron chi connectivity index (χ0n) is 19.5. The summed E-state index contributed by atoms with van der Waals surface area (Å²) in [6.45, 7) is 4.94. The molecule has 2 aromatic carbocycles. The van der Waals surface area contributed by atoms with E-state index in [2.05, 4.69) is 11.6 Å². The Hall–Kier alpha value is -4.33. The Morgan fingerprint density at radius 1 is 1.14 bits per heavy atom. The predicted molar refractivity (Wildman–Crippen MR) is 131 cm³/mol. The number of aliphatic hydroxyl groups is 1. The highest BCUT2D eigenvalue weighted by molar-refractivity contribution is 6.46. The number of aliphatic hydroxyl groups excluding tert-OH is 1. The van der Waals surface area contributed by atoms with E-state index in [-0.39, 0.29) is 11.3 Å². The minimum Gasteiger partial charge on any atom is -0.507 e. The molecule has 1 saturated heterocycles. The molecule has 1 aliphatic heterocycles. The van der Waals surface area contributed by atoms with Crippen LogP contribution in [-0.2, 0) is 16.1 Å². The van der Waals surface area contributed by atoms with Gasteiger partial charge in [0.25, 0.3) is 11.7 Å². The number of imidazole rings is 1. The average molecular weight is 474 g/mol. The Morgan fingerprint density at radius 3 is 2.63 bits per heavy atom. The van der Waals surface area contributed by atoms with Crippen molar-refractivity contribution in [3.63, 3.8) is 0 Å². The van der Waals surface area contributed by atoms with Gasteiger partial charge in [-0.2, -0.15) is 0 Å². The molecular formula is C27H27N3O5. The molecule has 0 spiro atoms. The van der Waals surface area contributed by atoms with E-state index in [1.165, 1.54) is 4.90 Å². The number of carbonyl (C=O) groups excluding carboxylic acids is 2. The summed E-state index contributed by atoms with van der Waals surface area (Å²) >= 11 is 0. The van der Waals surface area contributed by atoms with E-state index in [1.807, 2.05) is 16.8 Å². The number of ether oxygens (including phenoxy) is 2. The van der Waals surface area contributed by atoms with Gasteiger partial charge in [-0.25, -0.2) is 4.98 Å². The zero-order valence-corrected chi connectivity index (χ0v) is 19.5. The summed E-state index contributed by atoms with van der Waals surface area (Å²) in [7, 11) is 1.55. The molecule has 35 heavy (non-hydrogen) atoms. The third-order valence-electron chi connectivity index (χ3n) is 5.82. The van der Waals surface area contributed by atoms with Crippen LogP contribution < -0.4 is 9.47 Å². The second-order valence-corrected chi connectivity index (χ2v) is 8.05. The average Bonchev–Trinajstić information content (AvgIpc) is 3.49. The quantitative estimate of drug-likeness (QED) is 0.207. The first kappa shape index (κ1) is 23.8. The Balaban J connectivity index is 1.70. The van der Waals surface area contributed by atoms with Gasteiger partial charge < -0.3 is 24.0 Å². The second-order valence-electron chi connectivity index (χ2n) is 8.05. The second kappa shape index (κ2) is 10.7. The highest BCUT2D eigenvalue weighted by Crippen LogP contribution is 2.40. The van der Waals surface area contributed by atoms with E-state index in [4.69, 9.17) is 9.47 Å². The van der Waals surface area contributed by atoms with Gasteiger partial charge in [0.15, 0.2) is 0 Å². The fourth-order valence-electron chi connectivity index (χ4n) is 4.13. The fraction of sp³-hybridized carbons (Fsp3) is 0.222. The number of likely N-dealkylation sites (tertiary alicyclic amines) is 1. The standard InChI is InChI=1S/C27H27N3O5/c1-3-16-35-21-10-8-19(9-11-21)25(31)23-24(20-6-4-7-22(17-20)34-2)30(27(33)26(23)32)14-5-13-29-15-12-28-18-29/h3-4,6-12,15,17-18,24,31H,1,5,13-14,16H2,2H3/b25-23-. The van der Waals surface area contributed by atoms with Gasteiger partial charge in [-0.15, -0.1) is 0 Å². The molecule has 3 aromatic rings. The van der Waals surface area contributed by atoms with Crippen molar-refractivity contribution in [1.82, 2.24) is 14.5 Å². The maximum absolute atomic E-state index is 13.2. The molecule has 2 heterocycles. The number of hydrogen-bond acceptors (Lipinski definition) is 6. The molecule has 1 aromatic heterocycles. The Morgan fingerprint density at radius 2 is 1.94 bits per heavy atom. The predicted octanol–water partition coefficient (Wildman–Crippen LogP) is 3.97. The lowest BCUT2D eigenvalue weighted by Crippen LogP contribution is -2.31. The number of hydrogen-bond donors (Lipinski definition) is 1. The maximum Gasteiger partial charge on any atom is 0.295 e. The van der Waals surface area contributed by atoms with E-state index >= 15 is 0 Å². The van der Waals surface area contributed by atoms with Gasteiger partial charge in [0.05, 0.1) is 25.1 Å². The molecule has 0 bridgehead atoms. The first-order valence-electron chi connectivity index (χ1n) is 11.3. The van der Waals surface area contributed by atoms with Crippen LogP contribution in [-0.4, -0.2) is 51.5 Å². The minimum absolute atomic E-state index is 0.0469. The largest absolute Gasteiger partial charge is 0.507 e. The van der Waals surface area contributed by atoms with Crippen molar-refractivity contribution in [1.29, 1.82) is 0 Å². The number of aryl methyl sites for hydroxylation is 1. The van der Waals surface area contributed by atoms with Crippen molar-refractivity contribution < 1.29 is 24.2 Å². The third kappa shape index (κ3) is 5.11. The molecule has 1 atom stereocenters. The van der Waals surface area contributed by atoms with E-state index in [1.54, 1.807) is 68.2 Å². The van der Waals surface area contributed by atoms with Crippen molar-refractivity contribution in [2.45, 2.75) is 19.0 Å². The molecule has 8 heteroatoms. The van der Waals surface area contributed by atoms with Crippen LogP contribution in [0.15, 0.2) is 85.5 Å². The number of amides is 1. The smallest absolute Gasteiger partial charge is 0.295 e. The molecule has 180 valence electrons. The number of rotatable bonds is 10. The van der Waals surface area contributed by atoms with Crippen molar-refractivity contribution >= 4 is 17.4 Å². The molecule has 1 fully saturated rings. The number of aromatic nitrogens is 2. The summed E-state index contributed by atoms with van der Waals surface area (Å²) in [6.07, 6.45) is 7.48. The van der Waals surface area contributed by atoms with Crippen molar-refractivity contribution in [2.75, 3.05) is 20.3 Å². The van der Waals surface area contributed by atoms with E-state index < -0.39 is 17.7 Å². The van der Waals surface area contributed by atoms with Gasteiger partial charge in [0.2, 0.25) is 0 Å². The molecule has 0 saturated carbocycles. The van der Waals surface area contributed by atoms with Crippen LogP contribution >= 0.6 is 0 Å². The lowest BCUT2D eigenvalue weighted by molar-refractivity contribution is -0.139. The summed E-state index contributed by atoms with van der Waals surface area (Å²) in [4.78, 5) is 31.8. The van der Waals surface area contributed by atoms with Crippen LogP contribution in [0.25, 0.3) is 5.76 Å². The zero-order chi connectivity index (χ0) is 24.8. The first-order chi connectivity index (χ1) is 17.0. The molecule has 4 rings (SSSR count). The van der Waals surface area contributed by atoms with Gasteiger partial charge >= 0.3 is 0 Å². The van der Waals surface area contributed by atoms with Crippen molar-refractivity contribution in [3.8, 4) is 11.5 Å². The molecule has 1 N–H and O–H groups in total. The van der Waals surface area contributed by atoms with Gasteiger partial charge in [-0.1, -0.05) is 24.8 Å². The Labute approximate surface area is 203 Å². The van der Waals surface area contributed by atoms with Crippen LogP contribution in [0, 0.1) is 0 Å². The highest BCUT2D eigenvalue weighted by Gasteiger charge is 2.45. The number of nitrogens with zero attached hydrogens (tertiary/aromatic N) is 3. The molecule has 1 aliphatic rings. The van der Waals surface area contributed by atoms with E-state index in [0.29, 0.717) is 48.7 Å². The monoisotopic (exact) mass is 473 g/mol. The summed E-state index contributed by atoms with van der Waals surface area (Å²) in [5.41, 5.74) is 1.14. The summed E-state index contributed by atoms with van der Waals surface area (Å²) in [6, 6.07) is 13.1. The summed E-state index contributed by atoms with van der Waals surface area (Å²) in [5, 5.41) is 11.2. The molecule has 1 unspecified atom stereocenters. The molecule has 1 amide bonds. The van der Waals surface area contributed by atoms with Crippen LogP contribution in [0.4, 0.5) is 0 Å². The van der Waals surface area contributed by atoms with Gasteiger partial charge in [-0.05, 0) is 48.4 Å². The van der Waals surface area contributed by atoms with Crippen molar-refractivity contribution in [2.24, 2.45) is 0 Å². The Kier molecular flexibility index (Phi) is 7.30.